The number of H-pyrrole nitrogens is 1. The molecular weight excluding hydrogens is 318 g/mol. The second-order valence-electron chi connectivity index (χ2n) is 6.05. The fourth-order valence-electron chi connectivity index (χ4n) is 3.49. The second-order valence-corrected chi connectivity index (χ2v) is 7.06. The average Bonchev–Trinajstić information content (AvgIpc) is 3.31. The fraction of sp³-hybridized carbons (Fsp3) is 0.733. The number of thioether (sulfide) groups is 1. The number of aromatic amines is 1. The third-order valence-corrected chi connectivity index (χ3v) is 5.46. The minimum Gasteiger partial charge on any atom is -0.346 e. The van der Waals surface area contributed by atoms with Gasteiger partial charge < -0.3 is 18.9 Å². The van der Waals surface area contributed by atoms with Gasteiger partial charge in [-0.3, -0.25) is 5.10 Å². The predicted molar refractivity (Wildman–Crippen MR) is 82.9 cm³/mol. The van der Waals surface area contributed by atoms with E-state index in [9.17, 15) is 0 Å². The van der Waals surface area contributed by atoms with Crippen LogP contribution >= 0.6 is 11.8 Å². The maximum absolute atomic E-state index is 6.31. The van der Waals surface area contributed by atoms with Crippen molar-refractivity contribution in [3.63, 3.8) is 0 Å². The molecule has 4 rings (SSSR count). The van der Waals surface area contributed by atoms with Crippen molar-refractivity contribution in [2.45, 2.75) is 61.2 Å². The molecule has 23 heavy (non-hydrogen) atoms. The Labute approximate surface area is 139 Å². The van der Waals surface area contributed by atoms with Crippen LogP contribution in [0.5, 0.6) is 0 Å². The summed E-state index contributed by atoms with van der Waals surface area (Å²) in [4.78, 5) is 4.13. The Kier molecular flexibility index (Phi) is 4.42. The minimum absolute atomic E-state index is 0.0927. The lowest BCUT2D eigenvalue weighted by Gasteiger charge is -2.26. The van der Waals surface area contributed by atoms with Gasteiger partial charge in [-0.2, -0.15) is 5.10 Å². The summed E-state index contributed by atoms with van der Waals surface area (Å²) < 4.78 is 24.3. The molecule has 1 spiro atoms. The van der Waals surface area contributed by atoms with Gasteiger partial charge in [0.2, 0.25) is 0 Å². The molecule has 1 aromatic rings. The number of hydrogen-bond acceptors (Lipinski definition) is 7. The lowest BCUT2D eigenvalue weighted by molar-refractivity contribution is -0.239. The summed E-state index contributed by atoms with van der Waals surface area (Å²) in [5.74, 6) is 0.286. The van der Waals surface area contributed by atoms with Crippen LogP contribution in [0.25, 0.3) is 0 Å². The first-order valence-electron chi connectivity index (χ1n) is 8.01. The molecule has 0 bridgehead atoms. The number of nitrogens with one attached hydrogen (secondary N) is 1. The molecule has 1 saturated carbocycles. The third kappa shape index (κ3) is 3.06. The van der Waals surface area contributed by atoms with E-state index < -0.39 is 12.1 Å². The zero-order chi connectivity index (χ0) is 15.7. The zero-order valence-corrected chi connectivity index (χ0v) is 13.7. The Balaban J connectivity index is 1.44. The smallest absolute Gasteiger partial charge is 0.187 e. The van der Waals surface area contributed by atoms with E-state index in [1.165, 1.54) is 6.33 Å². The van der Waals surface area contributed by atoms with Crippen LogP contribution in [-0.4, -0.2) is 57.9 Å². The van der Waals surface area contributed by atoms with Crippen molar-refractivity contribution in [3.8, 4) is 0 Å². The molecule has 1 N–H and O–H groups in total. The molecule has 0 amide bonds. The topological polar surface area (TPSA) is 78.5 Å². The van der Waals surface area contributed by atoms with Crippen molar-refractivity contribution in [2.75, 3.05) is 12.4 Å². The van der Waals surface area contributed by atoms with Crippen molar-refractivity contribution >= 4 is 11.8 Å². The molecule has 2 aliphatic heterocycles. The molecule has 3 fully saturated rings. The number of hydrogen-bond donors (Lipinski definition) is 1. The minimum atomic E-state index is -0.427. The summed E-state index contributed by atoms with van der Waals surface area (Å²) in [6.45, 7) is 4.13. The summed E-state index contributed by atoms with van der Waals surface area (Å²) in [5.41, 5.74) is 0. The molecule has 0 radical (unpaired) electrons. The Morgan fingerprint density at radius 3 is 2.96 bits per heavy atom. The zero-order valence-electron chi connectivity index (χ0n) is 12.8. The molecule has 1 aliphatic carbocycles. The molecular formula is C15H21N3O4S. The summed E-state index contributed by atoms with van der Waals surface area (Å²) in [7, 11) is 0. The van der Waals surface area contributed by atoms with Gasteiger partial charge in [0.15, 0.2) is 17.2 Å². The van der Waals surface area contributed by atoms with E-state index in [1.54, 1.807) is 17.8 Å². The van der Waals surface area contributed by atoms with E-state index in [1.807, 2.05) is 0 Å². The summed E-state index contributed by atoms with van der Waals surface area (Å²) in [5, 5.41) is 7.48. The molecule has 3 heterocycles. The van der Waals surface area contributed by atoms with Gasteiger partial charge in [0, 0.05) is 18.6 Å². The van der Waals surface area contributed by atoms with Gasteiger partial charge in [-0.05, 0) is 12.8 Å². The van der Waals surface area contributed by atoms with Gasteiger partial charge in [-0.1, -0.05) is 17.8 Å². The van der Waals surface area contributed by atoms with Crippen molar-refractivity contribution in [2.24, 2.45) is 0 Å². The lowest BCUT2D eigenvalue weighted by Crippen LogP contribution is -2.33. The highest BCUT2D eigenvalue weighted by molar-refractivity contribution is 7.99. The van der Waals surface area contributed by atoms with Gasteiger partial charge >= 0.3 is 0 Å². The predicted octanol–water partition coefficient (Wildman–Crippen LogP) is 1.88. The Morgan fingerprint density at radius 1 is 1.39 bits per heavy atom. The van der Waals surface area contributed by atoms with Crippen molar-refractivity contribution in [1.29, 1.82) is 0 Å². The van der Waals surface area contributed by atoms with E-state index in [0.717, 1.165) is 30.8 Å². The van der Waals surface area contributed by atoms with Crippen LogP contribution in [0.15, 0.2) is 24.1 Å². The third-order valence-electron chi connectivity index (χ3n) is 4.49. The molecule has 0 unspecified atom stereocenters. The van der Waals surface area contributed by atoms with Crippen molar-refractivity contribution in [3.05, 3.63) is 19.0 Å². The maximum Gasteiger partial charge on any atom is 0.187 e. The van der Waals surface area contributed by atoms with Crippen LogP contribution in [0, 0.1) is 0 Å². The Hall–Kier alpha value is -0.930. The first kappa shape index (κ1) is 15.6. The van der Waals surface area contributed by atoms with Crippen LogP contribution in [0.1, 0.15) is 25.7 Å². The van der Waals surface area contributed by atoms with Gasteiger partial charge in [0.05, 0.1) is 12.7 Å². The summed E-state index contributed by atoms with van der Waals surface area (Å²) in [6.07, 6.45) is 6.66. The molecule has 126 valence electrons. The van der Waals surface area contributed by atoms with Gasteiger partial charge in [0.25, 0.3) is 0 Å². The van der Waals surface area contributed by atoms with E-state index in [-0.39, 0.29) is 18.3 Å². The molecule has 7 nitrogen and oxygen atoms in total. The van der Waals surface area contributed by atoms with Crippen LogP contribution < -0.4 is 0 Å². The highest BCUT2D eigenvalue weighted by atomic mass is 32.2. The van der Waals surface area contributed by atoms with E-state index in [2.05, 4.69) is 21.8 Å². The van der Waals surface area contributed by atoms with E-state index in [0.29, 0.717) is 12.4 Å². The van der Waals surface area contributed by atoms with E-state index >= 15 is 0 Å². The molecule has 1 aromatic heterocycles. The van der Waals surface area contributed by atoms with Crippen molar-refractivity contribution in [1.82, 2.24) is 15.2 Å². The SMILES string of the molecule is C=CCO[C@@H]1O[C@H](CSc2ncn[nH]2)[C@H]2OC3(CCCC3)O[C@@H]12. The lowest BCUT2D eigenvalue weighted by atomic mass is 10.1. The highest BCUT2D eigenvalue weighted by Crippen LogP contribution is 2.47. The van der Waals surface area contributed by atoms with Crippen LogP contribution in [-0.2, 0) is 18.9 Å². The first-order valence-corrected chi connectivity index (χ1v) is 9.00. The first-order chi connectivity index (χ1) is 11.3. The Bertz CT molecular complexity index is 535. The molecule has 4 atom stereocenters. The number of nitrogens with zero attached hydrogens (tertiary/aromatic N) is 2. The van der Waals surface area contributed by atoms with Crippen LogP contribution in [0.2, 0.25) is 0 Å². The Morgan fingerprint density at radius 2 is 2.22 bits per heavy atom. The standard InChI is InChI=1S/C15H21N3O4S/c1-2-7-19-13-12-11(21-15(22-12)5-3-4-6-15)10(20-13)8-23-14-16-9-17-18-14/h2,9-13H,1,3-8H2,(H,16,17,18)/t10-,11-,12-,13-/m1/s1. The second kappa shape index (κ2) is 6.52. The molecule has 3 aliphatic rings. The van der Waals surface area contributed by atoms with Crippen LogP contribution in [0.3, 0.4) is 0 Å². The van der Waals surface area contributed by atoms with Gasteiger partial charge in [-0.15, -0.1) is 6.58 Å². The van der Waals surface area contributed by atoms with E-state index in [4.69, 9.17) is 18.9 Å². The van der Waals surface area contributed by atoms with Crippen LogP contribution in [0.4, 0.5) is 0 Å². The number of ether oxygens (including phenoxy) is 4. The maximum atomic E-state index is 6.31. The number of aromatic nitrogens is 3. The largest absolute Gasteiger partial charge is 0.346 e. The fourth-order valence-corrected chi connectivity index (χ4v) is 4.32. The molecule has 8 heteroatoms. The number of fused-ring (bicyclic) bond motifs is 1. The normalized spacial score (nSPS) is 35.0. The molecule has 0 aromatic carbocycles. The summed E-state index contributed by atoms with van der Waals surface area (Å²) in [6, 6.07) is 0. The average molecular weight is 339 g/mol. The van der Waals surface area contributed by atoms with Crippen molar-refractivity contribution < 1.29 is 18.9 Å². The summed E-state index contributed by atoms with van der Waals surface area (Å²) >= 11 is 1.56. The molecule has 2 saturated heterocycles. The van der Waals surface area contributed by atoms with Gasteiger partial charge in [-0.25, -0.2) is 4.98 Å². The quantitative estimate of drug-likeness (QED) is 0.626. The number of rotatable bonds is 6. The monoisotopic (exact) mass is 339 g/mol. The van der Waals surface area contributed by atoms with Gasteiger partial charge in [0.1, 0.15) is 18.5 Å². The highest BCUT2D eigenvalue weighted by Gasteiger charge is 2.59.